The Bertz CT molecular complexity index is 884. The predicted octanol–water partition coefficient (Wildman–Crippen LogP) is 4.27. The van der Waals surface area contributed by atoms with Crippen LogP contribution in [0.15, 0.2) is 66.7 Å². The van der Waals surface area contributed by atoms with Crippen molar-refractivity contribution in [1.29, 1.82) is 0 Å². The number of likely N-dealkylation sites (N-methyl/N-ethyl adjacent to an activating group) is 1. The van der Waals surface area contributed by atoms with E-state index in [2.05, 4.69) is 0 Å². The summed E-state index contributed by atoms with van der Waals surface area (Å²) in [7, 11) is 3.42. The van der Waals surface area contributed by atoms with E-state index < -0.39 is 6.10 Å². The van der Waals surface area contributed by atoms with Gasteiger partial charge < -0.3 is 14.4 Å². The Morgan fingerprint density at radius 1 is 1.00 bits per heavy atom. The molecule has 4 nitrogen and oxygen atoms in total. The minimum Gasteiger partial charge on any atom is -0.497 e. The molecule has 0 N–H and O–H groups in total. The van der Waals surface area contributed by atoms with Gasteiger partial charge in [-0.2, -0.15) is 0 Å². The zero-order chi connectivity index (χ0) is 18.5. The number of hydrogen-bond donors (Lipinski definition) is 0. The summed E-state index contributed by atoms with van der Waals surface area (Å²) >= 11 is 0. The van der Waals surface area contributed by atoms with Gasteiger partial charge in [0, 0.05) is 19.0 Å². The number of nitrogens with zero attached hydrogens (tertiary/aromatic N) is 1. The fourth-order valence-corrected chi connectivity index (χ4v) is 2.93. The number of ether oxygens (including phenoxy) is 2. The zero-order valence-corrected chi connectivity index (χ0v) is 15.3. The molecular formula is C22H23NO3. The Kier molecular flexibility index (Phi) is 5.42. The molecule has 0 unspecified atom stereocenters. The van der Waals surface area contributed by atoms with Gasteiger partial charge in [-0.15, -0.1) is 0 Å². The first-order valence-electron chi connectivity index (χ1n) is 8.61. The van der Waals surface area contributed by atoms with Crippen LogP contribution in [0.25, 0.3) is 10.8 Å². The van der Waals surface area contributed by atoms with E-state index in [-0.39, 0.29) is 5.91 Å². The SMILES string of the molecule is COc1ccc(CN(C)C(=O)[C@H](C)Oc2cccc3ccccc23)cc1. The van der Waals surface area contributed by atoms with Gasteiger partial charge >= 0.3 is 0 Å². The average molecular weight is 349 g/mol. The van der Waals surface area contributed by atoms with Crippen molar-refractivity contribution in [2.45, 2.75) is 19.6 Å². The third-order valence-corrected chi connectivity index (χ3v) is 4.36. The van der Waals surface area contributed by atoms with Crippen LogP contribution < -0.4 is 9.47 Å². The van der Waals surface area contributed by atoms with Crippen LogP contribution in [-0.2, 0) is 11.3 Å². The Balaban J connectivity index is 1.68. The molecule has 0 radical (unpaired) electrons. The van der Waals surface area contributed by atoms with Crippen molar-refractivity contribution >= 4 is 16.7 Å². The van der Waals surface area contributed by atoms with Crippen molar-refractivity contribution in [3.05, 3.63) is 72.3 Å². The highest BCUT2D eigenvalue weighted by Crippen LogP contribution is 2.26. The second kappa shape index (κ2) is 7.91. The molecule has 3 aromatic rings. The Morgan fingerprint density at radius 2 is 1.69 bits per heavy atom. The molecule has 134 valence electrons. The minimum absolute atomic E-state index is 0.0613. The van der Waals surface area contributed by atoms with Crippen LogP contribution in [0.1, 0.15) is 12.5 Å². The lowest BCUT2D eigenvalue weighted by molar-refractivity contribution is -0.137. The summed E-state index contributed by atoms with van der Waals surface area (Å²) in [5.41, 5.74) is 1.04. The molecule has 0 aliphatic heterocycles. The van der Waals surface area contributed by atoms with Crippen molar-refractivity contribution in [1.82, 2.24) is 4.90 Å². The highest BCUT2D eigenvalue weighted by Gasteiger charge is 2.20. The molecule has 0 aromatic heterocycles. The molecule has 1 atom stereocenters. The third-order valence-electron chi connectivity index (χ3n) is 4.36. The lowest BCUT2D eigenvalue weighted by Gasteiger charge is -2.23. The molecule has 26 heavy (non-hydrogen) atoms. The lowest BCUT2D eigenvalue weighted by atomic mass is 10.1. The average Bonchev–Trinajstić information content (AvgIpc) is 2.68. The standard InChI is InChI=1S/C22H23NO3/c1-16(26-21-10-6-8-18-7-4-5-9-20(18)21)22(24)23(2)15-17-11-13-19(25-3)14-12-17/h4-14,16H,15H2,1-3H3/t16-/m0/s1. The maximum atomic E-state index is 12.7. The van der Waals surface area contributed by atoms with Crippen molar-refractivity contribution in [3.8, 4) is 11.5 Å². The van der Waals surface area contributed by atoms with E-state index in [0.29, 0.717) is 6.54 Å². The topological polar surface area (TPSA) is 38.8 Å². The van der Waals surface area contributed by atoms with Gasteiger partial charge in [-0.3, -0.25) is 4.79 Å². The van der Waals surface area contributed by atoms with E-state index in [4.69, 9.17) is 9.47 Å². The lowest BCUT2D eigenvalue weighted by Crippen LogP contribution is -2.37. The molecule has 0 fully saturated rings. The van der Waals surface area contributed by atoms with Crippen molar-refractivity contribution in [2.75, 3.05) is 14.2 Å². The Morgan fingerprint density at radius 3 is 2.42 bits per heavy atom. The summed E-state index contributed by atoms with van der Waals surface area (Å²) in [6, 6.07) is 21.6. The Hall–Kier alpha value is -3.01. The summed E-state index contributed by atoms with van der Waals surface area (Å²) in [5, 5.41) is 2.10. The number of carbonyl (C=O) groups is 1. The molecule has 3 rings (SSSR count). The molecule has 0 aliphatic rings. The minimum atomic E-state index is -0.566. The van der Waals surface area contributed by atoms with E-state index in [1.165, 1.54) is 0 Å². The van der Waals surface area contributed by atoms with Crippen molar-refractivity contribution in [3.63, 3.8) is 0 Å². The van der Waals surface area contributed by atoms with E-state index >= 15 is 0 Å². The smallest absolute Gasteiger partial charge is 0.263 e. The van der Waals surface area contributed by atoms with Gasteiger partial charge in [0.05, 0.1) is 7.11 Å². The molecule has 3 aromatic carbocycles. The summed E-state index contributed by atoms with van der Waals surface area (Å²) in [6.07, 6.45) is -0.566. The maximum Gasteiger partial charge on any atom is 0.263 e. The quantitative estimate of drug-likeness (QED) is 0.667. The van der Waals surface area contributed by atoms with Crippen molar-refractivity contribution < 1.29 is 14.3 Å². The summed E-state index contributed by atoms with van der Waals surface area (Å²) < 4.78 is 11.1. The molecule has 0 saturated heterocycles. The van der Waals surface area contributed by atoms with Gasteiger partial charge in [0.15, 0.2) is 6.10 Å². The second-order valence-corrected chi connectivity index (χ2v) is 6.28. The fourth-order valence-electron chi connectivity index (χ4n) is 2.93. The van der Waals surface area contributed by atoms with E-state index in [9.17, 15) is 4.79 Å². The summed E-state index contributed by atoms with van der Waals surface area (Å²) in [5.74, 6) is 1.46. The molecule has 0 heterocycles. The summed E-state index contributed by atoms with van der Waals surface area (Å²) in [4.78, 5) is 14.4. The first kappa shape index (κ1) is 17.8. The molecule has 0 bridgehead atoms. The molecule has 0 aliphatic carbocycles. The van der Waals surface area contributed by atoms with Crippen LogP contribution >= 0.6 is 0 Å². The normalized spacial score (nSPS) is 11.8. The van der Waals surface area contributed by atoms with Crippen LogP contribution in [0.5, 0.6) is 11.5 Å². The number of carbonyl (C=O) groups excluding carboxylic acids is 1. The van der Waals surface area contributed by atoms with E-state index in [1.807, 2.05) is 66.7 Å². The van der Waals surface area contributed by atoms with Gasteiger partial charge in [-0.1, -0.05) is 48.5 Å². The third kappa shape index (κ3) is 3.97. The van der Waals surface area contributed by atoms with Gasteiger partial charge in [0.25, 0.3) is 5.91 Å². The van der Waals surface area contributed by atoms with Crippen molar-refractivity contribution in [2.24, 2.45) is 0 Å². The van der Waals surface area contributed by atoms with Gasteiger partial charge in [-0.05, 0) is 36.1 Å². The highest BCUT2D eigenvalue weighted by molar-refractivity contribution is 5.89. The highest BCUT2D eigenvalue weighted by atomic mass is 16.5. The number of fused-ring (bicyclic) bond motifs is 1. The number of methoxy groups -OCH3 is 1. The summed E-state index contributed by atoms with van der Waals surface area (Å²) in [6.45, 7) is 2.31. The first-order chi connectivity index (χ1) is 12.6. The number of rotatable bonds is 6. The van der Waals surface area contributed by atoms with Crippen LogP contribution in [0.2, 0.25) is 0 Å². The van der Waals surface area contributed by atoms with Crippen LogP contribution in [0.3, 0.4) is 0 Å². The van der Waals surface area contributed by atoms with Gasteiger partial charge in [-0.25, -0.2) is 0 Å². The van der Waals surface area contributed by atoms with Crippen LogP contribution in [0.4, 0.5) is 0 Å². The second-order valence-electron chi connectivity index (χ2n) is 6.28. The number of benzene rings is 3. The molecule has 0 saturated carbocycles. The largest absolute Gasteiger partial charge is 0.497 e. The monoisotopic (exact) mass is 349 g/mol. The molecule has 1 amide bonds. The van der Waals surface area contributed by atoms with E-state index in [1.54, 1.807) is 26.0 Å². The fraction of sp³-hybridized carbons (Fsp3) is 0.227. The molecule has 0 spiro atoms. The maximum absolute atomic E-state index is 12.7. The zero-order valence-electron chi connectivity index (χ0n) is 15.3. The molecular weight excluding hydrogens is 326 g/mol. The van der Waals surface area contributed by atoms with Gasteiger partial charge in [0.1, 0.15) is 11.5 Å². The number of hydrogen-bond acceptors (Lipinski definition) is 3. The molecule has 4 heteroatoms. The predicted molar refractivity (Wildman–Crippen MR) is 104 cm³/mol. The Labute approximate surface area is 154 Å². The van der Waals surface area contributed by atoms with Crippen LogP contribution in [0, 0.1) is 0 Å². The first-order valence-corrected chi connectivity index (χ1v) is 8.61. The number of amides is 1. The van der Waals surface area contributed by atoms with Gasteiger partial charge in [0.2, 0.25) is 0 Å². The van der Waals surface area contributed by atoms with Crippen LogP contribution in [-0.4, -0.2) is 31.1 Å². The van der Waals surface area contributed by atoms with E-state index in [0.717, 1.165) is 27.8 Å².